The standard InChI is InChI=1S/C13H15Cl2N3O/c1-2-3-4-18-12(19)8-16-13(17-18)9-5-10(14)7-11(15)6-9/h5-7H,2-4,8H2,1H3,(H,16,17). The number of amides is 1. The number of benzene rings is 1. The van der Waals surface area contributed by atoms with Gasteiger partial charge in [-0.05, 0) is 24.6 Å². The zero-order chi connectivity index (χ0) is 13.8. The van der Waals surface area contributed by atoms with Gasteiger partial charge in [-0.25, -0.2) is 5.01 Å². The lowest BCUT2D eigenvalue weighted by Gasteiger charge is -2.24. The first-order chi connectivity index (χ1) is 9.10. The first kappa shape index (κ1) is 14.2. The summed E-state index contributed by atoms with van der Waals surface area (Å²) in [6, 6.07) is 5.20. The number of nitrogens with one attached hydrogen (secondary N) is 1. The molecule has 0 unspecified atom stereocenters. The van der Waals surface area contributed by atoms with E-state index < -0.39 is 0 Å². The van der Waals surface area contributed by atoms with E-state index in [1.54, 1.807) is 18.2 Å². The highest BCUT2D eigenvalue weighted by molar-refractivity contribution is 6.35. The average Bonchev–Trinajstić information content (AvgIpc) is 2.36. The summed E-state index contributed by atoms with van der Waals surface area (Å²) in [5.41, 5.74) is 0.784. The summed E-state index contributed by atoms with van der Waals surface area (Å²) in [5, 5.41) is 9.91. The van der Waals surface area contributed by atoms with Crippen molar-refractivity contribution in [3.8, 4) is 0 Å². The quantitative estimate of drug-likeness (QED) is 0.929. The molecule has 0 aliphatic carbocycles. The summed E-state index contributed by atoms with van der Waals surface area (Å²) >= 11 is 11.9. The number of rotatable bonds is 4. The van der Waals surface area contributed by atoms with Crippen LogP contribution in [0.5, 0.6) is 0 Å². The van der Waals surface area contributed by atoms with Crippen LogP contribution >= 0.6 is 23.2 Å². The van der Waals surface area contributed by atoms with Crippen molar-refractivity contribution in [1.82, 2.24) is 10.3 Å². The Bertz CT molecular complexity index is 496. The molecular weight excluding hydrogens is 285 g/mol. The minimum absolute atomic E-state index is 0.0228. The molecule has 19 heavy (non-hydrogen) atoms. The first-order valence-corrected chi connectivity index (χ1v) is 6.95. The van der Waals surface area contributed by atoms with Gasteiger partial charge in [0, 0.05) is 22.2 Å². The third kappa shape index (κ3) is 3.61. The fraction of sp³-hybridized carbons (Fsp3) is 0.385. The average molecular weight is 300 g/mol. The molecule has 1 amide bonds. The van der Waals surface area contributed by atoms with Gasteiger partial charge < -0.3 is 5.32 Å². The van der Waals surface area contributed by atoms with E-state index in [9.17, 15) is 4.79 Å². The zero-order valence-electron chi connectivity index (χ0n) is 10.6. The molecule has 0 radical (unpaired) electrons. The fourth-order valence-corrected chi connectivity index (χ4v) is 2.32. The second-order valence-electron chi connectivity index (χ2n) is 4.33. The van der Waals surface area contributed by atoms with Crippen molar-refractivity contribution in [3.05, 3.63) is 33.8 Å². The van der Waals surface area contributed by atoms with E-state index in [1.165, 1.54) is 5.01 Å². The van der Waals surface area contributed by atoms with E-state index in [4.69, 9.17) is 23.2 Å². The molecule has 1 aromatic rings. The smallest absolute Gasteiger partial charge is 0.262 e. The monoisotopic (exact) mass is 299 g/mol. The van der Waals surface area contributed by atoms with Gasteiger partial charge in [0.05, 0.1) is 6.54 Å². The van der Waals surface area contributed by atoms with Gasteiger partial charge in [0.1, 0.15) is 0 Å². The molecule has 0 saturated heterocycles. The van der Waals surface area contributed by atoms with Crippen LogP contribution < -0.4 is 5.32 Å². The maximum Gasteiger partial charge on any atom is 0.262 e. The number of nitrogens with zero attached hydrogens (tertiary/aromatic N) is 2. The molecule has 0 fully saturated rings. The molecular formula is C13H15Cl2N3O. The molecule has 6 heteroatoms. The Hall–Kier alpha value is -1.26. The van der Waals surface area contributed by atoms with Gasteiger partial charge in [-0.3, -0.25) is 4.79 Å². The number of unbranched alkanes of at least 4 members (excludes halogenated alkanes) is 1. The molecule has 1 N–H and O–H groups in total. The summed E-state index contributed by atoms with van der Waals surface area (Å²) in [5.74, 6) is 0.602. The summed E-state index contributed by atoms with van der Waals surface area (Å²) in [7, 11) is 0. The normalized spacial score (nSPS) is 15.2. The molecule has 1 aliphatic heterocycles. The fourth-order valence-electron chi connectivity index (χ4n) is 1.80. The Balaban J connectivity index is 2.25. The molecule has 1 aromatic carbocycles. The van der Waals surface area contributed by atoms with Crippen molar-refractivity contribution < 1.29 is 4.79 Å². The lowest BCUT2D eigenvalue weighted by atomic mass is 10.2. The highest BCUT2D eigenvalue weighted by atomic mass is 35.5. The summed E-state index contributed by atoms with van der Waals surface area (Å²) < 4.78 is 0. The van der Waals surface area contributed by atoms with Crippen molar-refractivity contribution in [3.63, 3.8) is 0 Å². The molecule has 4 nitrogen and oxygen atoms in total. The summed E-state index contributed by atoms with van der Waals surface area (Å²) in [4.78, 5) is 11.7. The van der Waals surface area contributed by atoms with E-state index in [1.807, 2.05) is 0 Å². The summed E-state index contributed by atoms with van der Waals surface area (Å²) in [6.07, 6.45) is 1.95. The Labute approximate surface area is 122 Å². The molecule has 102 valence electrons. The van der Waals surface area contributed by atoms with Crippen LogP contribution in [0.4, 0.5) is 0 Å². The molecule has 2 rings (SSSR count). The van der Waals surface area contributed by atoms with E-state index in [2.05, 4.69) is 17.3 Å². The van der Waals surface area contributed by atoms with Crippen LogP contribution in [0.25, 0.3) is 0 Å². The molecule has 1 aliphatic rings. The predicted molar refractivity (Wildman–Crippen MR) is 77.6 cm³/mol. The van der Waals surface area contributed by atoms with Gasteiger partial charge in [-0.2, -0.15) is 5.10 Å². The van der Waals surface area contributed by atoms with Gasteiger partial charge >= 0.3 is 0 Å². The van der Waals surface area contributed by atoms with Crippen molar-refractivity contribution >= 4 is 34.9 Å². The van der Waals surface area contributed by atoms with E-state index in [0.717, 1.165) is 18.4 Å². The molecule has 0 bridgehead atoms. The maximum atomic E-state index is 11.7. The SMILES string of the molecule is CCCCN1N=C(c2cc(Cl)cc(Cl)c2)NCC1=O. The Morgan fingerprint density at radius 3 is 2.63 bits per heavy atom. The highest BCUT2D eigenvalue weighted by Gasteiger charge is 2.20. The van der Waals surface area contributed by atoms with Crippen LogP contribution in [0, 0.1) is 0 Å². The number of carbonyl (C=O) groups excluding carboxylic acids is 1. The van der Waals surface area contributed by atoms with Crippen LogP contribution in [-0.2, 0) is 4.79 Å². The molecule has 0 aromatic heterocycles. The minimum Gasteiger partial charge on any atom is -0.359 e. The Morgan fingerprint density at radius 1 is 1.32 bits per heavy atom. The topological polar surface area (TPSA) is 44.7 Å². The van der Waals surface area contributed by atoms with Crippen molar-refractivity contribution in [2.75, 3.05) is 13.1 Å². The Morgan fingerprint density at radius 2 is 2.00 bits per heavy atom. The third-order valence-electron chi connectivity index (χ3n) is 2.78. The van der Waals surface area contributed by atoms with Crippen LogP contribution in [0.1, 0.15) is 25.3 Å². The second-order valence-corrected chi connectivity index (χ2v) is 5.20. The largest absolute Gasteiger partial charge is 0.359 e. The number of hydrogen-bond donors (Lipinski definition) is 1. The third-order valence-corrected chi connectivity index (χ3v) is 3.21. The number of halogens is 2. The second kappa shape index (κ2) is 6.26. The highest BCUT2D eigenvalue weighted by Crippen LogP contribution is 2.20. The number of amidine groups is 1. The van der Waals surface area contributed by atoms with E-state index >= 15 is 0 Å². The Kier molecular flexibility index (Phi) is 4.66. The van der Waals surface area contributed by atoms with Crippen molar-refractivity contribution in [1.29, 1.82) is 0 Å². The molecule has 0 saturated carbocycles. The molecule has 0 spiro atoms. The van der Waals surface area contributed by atoms with Crippen molar-refractivity contribution in [2.45, 2.75) is 19.8 Å². The van der Waals surface area contributed by atoms with Crippen molar-refractivity contribution in [2.24, 2.45) is 5.10 Å². The van der Waals surface area contributed by atoms with Gasteiger partial charge in [0.15, 0.2) is 5.84 Å². The predicted octanol–water partition coefficient (Wildman–Crippen LogP) is 2.89. The van der Waals surface area contributed by atoms with Crippen LogP contribution in [0.2, 0.25) is 10.0 Å². The molecule has 0 atom stereocenters. The lowest BCUT2D eigenvalue weighted by Crippen LogP contribution is -2.45. The number of carbonyl (C=O) groups is 1. The summed E-state index contributed by atoms with van der Waals surface area (Å²) in [6.45, 7) is 2.95. The first-order valence-electron chi connectivity index (χ1n) is 6.19. The van der Waals surface area contributed by atoms with Gasteiger partial charge in [-0.1, -0.05) is 36.5 Å². The lowest BCUT2D eigenvalue weighted by molar-refractivity contribution is -0.130. The van der Waals surface area contributed by atoms with Crippen LogP contribution in [0.15, 0.2) is 23.3 Å². The van der Waals surface area contributed by atoms with Gasteiger partial charge in [-0.15, -0.1) is 0 Å². The van der Waals surface area contributed by atoms with Gasteiger partial charge in [0.2, 0.25) is 0 Å². The molecule has 1 heterocycles. The minimum atomic E-state index is -0.0228. The zero-order valence-corrected chi connectivity index (χ0v) is 12.1. The number of hydrogen-bond acceptors (Lipinski definition) is 3. The van der Waals surface area contributed by atoms with Gasteiger partial charge in [0.25, 0.3) is 5.91 Å². The maximum absolute atomic E-state index is 11.7. The van der Waals surface area contributed by atoms with Crippen LogP contribution in [-0.4, -0.2) is 29.8 Å². The van der Waals surface area contributed by atoms with Crippen LogP contribution in [0.3, 0.4) is 0 Å². The van der Waals surface area contributed by atoms with E-state index in [-0.39, 0.29) is 12.5 Å². The number of hydrazone groups is 1. The van der Waals surface area contributed by atoms with E-state index in [0.29, 0.717) is 22.4 Å².